The van der Waals surface area contributed by atoms with Gasteiger partial charge in [0, 0.05) is 6.42 Å². The van der Waals surface area contributed by atoms with E-state index in [1.165, 1.54) is 14.2 Å². The van der Waals surface area contributed by atoms with Gasteiger partial charge in [-0.1, -0.05) is 24.2 Å². The van der Waals surface area contributed by atoms with Crippen molar-refractivity contribution in [1.82, 2.24) is 5.32 Å². The zero-order valence-electron chi connectivity index (χ0n) is 11.3. The average Bonchev–Trinajstić information content (AvgIpc) is 2.45. The second kappa shape index (κ2) is 7.55. The van der Waals surface area contributed by atoms with Crippen molar-refractivity contribution in [1.29, 1.82) is 0 Å². The summed E-state index contributed by atoms with van der Waals surface area (Å²) in [5.74, 6) is -0.438. The third-order valence-electron chi connectivity index (χ3n) is 2.64. The van der Waals surface area contributed by atoms with E-state index in [1.54, 1.807) is 18.2 Å². The van der Waals surface area contributed by atoms with Crippen molar-refractivity contribution in [3.05, 3.63) is 41.4 Å². The van der Waals surface area contributed by atoms with E-state index in [0.717, 1.165) is 11.6 Å². The third kappa shape index (κ3) is 4.28. The Kier molecular flexibility index (Phi) is 6.06. The largest absolute Gasteiger partial charge is 0.495 e. The Balaban J connectivity index is 2.88. The Hall–Kier alpha value is -2.01. The topological polar surface area (TPSA) is 64.6 Å². The molecule has 0 aliphatic heterocycles. The van der Waals surface area contributed by atoms with Crippen LogP contribution in [0.1, 0.15) is 5.56 Å². The van der Waals surface area contributed by atoms with Crippen LogP contribution in [-0.4, -0.2) is 32.1 Å². The van der Waals surface area contributed by atoms with Crippen molar-refractivity contribution < 1.29 is 19.1 Å². The first-order valence-corrected chi connectivity index (χ1v) is 6.22. The molecule has 1 aromatic carbocycles. The van der Waals surface area contributed by atoms with E-state index < -0.39 is 17.9 Å². The van der Waals surface area contributed by atoms with Crippen LogP contribution in [0.4, 0.5) is 0 Å². The fourth-order valence-electron chi connectivity index (χ4n) is 1.64. The molecule has 0 aromatic heterocycles. The predicted molar refractivity (Wildman–Crippen MR) is 75.9 cm³/mol. The zero-order valence-corrected chi connectivity index (χ0v) is 12.1. The molecule has 1 rings (SSSR count). The number of esters is 1. The highest BCUT2D eigenvalue weighted by Gasteiger charge is 2.21. The fraction of sp³-hybridized carbons (Fsp3) is 0.286. The van der Waals surface area contributed by atoms with E-state index in [2.05, 4.69) is 16.6 Å². The zero-order chi connectivity index (χ0) is 15.1. The molecule has 0 bridgehead atoms. The number of amides is 1. The third-order valence-corrected chi connectivity index (χ3v) is 2.94. The molecule has 1 aromatic rings. The van der Waals surface area contributed by atoms with Gasteiger partial charge in [-0.15, -0.1) is 0 Å². The summed E-state index contributed by atoms with van der Waals surface area (Å²) in [5, 5.41) is 2.94. The lowest BCUT2D eigenvalue weighted by Gasteiger charge is -2.16. The number of ether oxygens (including phenoxy) is 2. The second-order valence-electron chi connectivity index (χ2n) is 3.96. The van der Waals surface area contributed by atoms with Crippen LogP contribution >= 0.6 is 11.6 Å². The van der Waals surface area contributed by atoms with Gasteiger partial charge in [0.2, 0.25) is 5.91 Å². The molecule has 0 saturated carbocycles. The lowest BCUT2D eigenvalue weighted by molar-refractivity contribution is -0.144. The van der Waals surface area contributed by atoms with Crippen molar-refractivity contribution in [2.75, 3.05) is 14.2 Å². The molecule has 1 amide bonds. The second-order valence-corrected chi connectivity index (χ2v) is 4.37. The Morgan fingerprint density at radius 2 is 2.15 bits per heavy atom. The monoisotopic (exact) mass is 297 g/mol. The molecule has 0 aliphatic rings. The van der Waals surface area contributed by atoms with Crippen molar-refractivity contribution in [3.8, 4) is 5.75 Å². The van der Waals surface area contributed by atoms with Gasteiger partial charge in [-0.25, -0.2) is 4.79 Å². The van der Waals surface area contributed by atoms with Crippen molar-refractivity contribution in [2.45, 2.75) is 12.5 Å². The van der Waals surface area contributed by atoms with Crippen LogP contribution in [-0.2, 0) is 20.7 Å². The van der Waals surface area contributed by atoms with Gasteiger partial charge in [0.05, 0.1) is 19.2 Å². The summed E-state index contributed by atoms with van der Waals surface area (Å²) in [6.07, 6.45) is 1.35. The molecular formula is C14H16ClNO4. The van der Waals surface area contributed by atoms with E-state index in [9.17, 15) is 9.59 Å². The van der Waals surface area contributed by atoms with Gasteiger partial charge in [-0.3, -0.25) is 4.79 Å². The lowest BCUT2D eigenvalue weighted by atomic mass is 10.1. The highest BCUT2D eigenvalue weighted by molar-refractivity contribution is 6.32. The molecule has 108 valence electrons. The minimum absolute atomic E-state index is 0.260. The standard InChI is InChI=1S/C14H16ClNO4/c1-4-13(17)16-11(14(18)20-3)8-9-5-6-12(19-2)10(15)7-9/h4-7,11H,1,8H2,2-3H3,(H,16,17)/t11-/m1/s1. The van der Waals surface area contributed by atoms with Gasteiger partial charge in [0.15, 0.2) is 0 Å². The Morgan fingerprint density at radius 3 is 2.65 bits per heavy atom. The van der Waals surface area contributed by atoms with Crippen molar-refractivity contribution in [2.24, 2.45) is 0 Å². The molecule has 5 nitrogen and oxygen atoms in total. The number of rotatable bonds is 6. The smallest absolute Gasteiger partial charge is 0.328 e. The maximum Gasteiger partial charge on any atom is 0.328 e. The molecule has 0 unspecified atom stereocenters. The molecule has 1 N–H and O–H groups in total. The summed E-state index contributed by atoms with van der Waals surface area (Å²) in [5.41, 5.74) is 0.774. The van der Waals surface area contributed by atoms with Crippen LogP contribution in [0.15, 0.2) is 30.9 Å². The van der Waals surface area contributed by atoms with Crippen LogP contribution in [0.2, 0.25) is 5.02 Å². The van der Waals surface area contributed by atoms with Gasteiger partial charge in [0.1, 0.15) is 11.8 Å². The summed E-state index contributed by atoms with van der Waals surface area (Å²) < 4.78 is 9.71. The predicted octanol–water partition coefficient (Wildman–Crippen LogP) is 1.73. The Labute approximate surface area is 122 Å². The maximum atomic E-state index is 11.6. The van der Waals surface area contributed by atoms with Gasteiger partial charge < -0.3 is 14.8 Å². The van der Waals surface area contributed by atoms with E-state index in [4.69, 9.17) is 16.3 Å². The quantitative estimate of drug-likeness (QED) is 0.641. The first-order valence-electron chi connectivity index (χ1n) is 5.85. The van der Waals surface area contributed by atoms with Crippen molar-refractivity contribution >= 4 is 23.5 Å². The number of hydrogen-bond donors (Lipinski definition) is 1. The summed E-state index contributed by atoms with van der Waals surface area (Å²) in [6.45, 7) is 3.34. The van der Waals surface area contributed by atoms with Gasteiger partial charge in [-0.2, -0.15) is 0 Å². The SMILES string of the molecule is C=CC(=O)N[C@H](Cc1ccc(OC)c(Cl)c1)C(=O)OC. The van der Waals surface area contributed by atoms with E-state index in [-0.39, 0.29) is 6.42 Å². The van der Waals surface area contributed by atoms with E-state index in [1.807, 2.05) is 0 Å². The highest BCUT2D eigenvalue weighted by Crippen LogP contribution is 2.25. The number of hydrogen-bond acceptors (Lipinski definition) is 4. The fourth-order valence-corrected chi connectivity index (χ4v) is 1.92. The van der Waals surface area contributed by atoms with E-state index in [0.29, 0.717) is 10.8 Å². The number of halogens is 1. The van der Waals surface area contributed by atoms with E-state index >= 15 is 0 Å². The minimum atomic E-state index is -0.796. The molecule has 1 atom stereocenters. The number of carbonyl (C=O) groups excluding carboxylic acids is 2. The first-order chi connectivity index (χ1) is 9.51. The summed E-state index contributed by atoms with van der Waals surface area (Å²) in [7, 11) is 2.78. The molecule has 0 saturated heterocycles. The highest BCUT2D eigenvalue weighted by atomic mass is 35.5. The average molecular weight is 298 g/mol. The van der Waals surface area contributed by atoms with Crippen LogP contribution in [0.5, 0.6) is 5.75 Å². The van der Waals surface area contributed by atoms with Crippen molar-refractivity contribution in [3.63, 3.8) is 0 Å². The number of nitrogens with one attached hydrogen (secondary N) is 1. The molecule has 0 aliphatic carbocycles. The number of carbonyl (C=O) groups is 2. The van der Waals surface area contributed by atoms with Crippen LogP contribution in [0.25, 0.3) is 0 Å². The molecule has 0 heterocycles. The first kappa shape index (κ1) is 16.0. The molecule has 6 heteroatoms. The minimum Gasteiger partial charge on any atom is -0.495 e. The number of methoxy groups -OCH3 is 2. The van der Waals surface area contributed by atoms with Gasteiger partial charge in [-0.05, 0) is 23.8 Å². The Morgan fingerprint density at radius 1 is 1.45 bits per heavy atom. The van der Waals surface area contributed by atoms with Crippen LogP contribution < -0.4 is 10.1 Å². The van der Waals surface area contributed by atoms with Crippen LogP contribution in [0, 0.1) is 0 Å². The lowest BCUT2D eigenvalue weighted by Crippen LogP contribution is -2.42. The normalized spacial score (nSPS) is 11.3. The molecule has 0 radical (unpaired) electrons. The molecule has 0 fully saturated rings. The summed E-state index contributed by atoms with van der Waals surface area (Å²) in [4.78, 5) is 23.0. The Bertz CT molecular complexity index is 516. The molecule has 20 heavy (non-hydrogen) atoms. The molecular weight excluding hydrogens is 282 g/mol. The maximum absolute atomic E-state index is 11.6. The summed E-state index contributed by atoms with van der Waals surface area (Å²) >= 11 is 6.01. The summed E-state index contributed by atoms with van der Waals surface area (Å²) in [6, 6.07) is 4.34. The number of benzene rings is 1. The van der Waals surface area contributed by atoms with Crippen LogP contribution in [0.3, 0.4) is 0 Å². The molecule has 0 spiro atoms. The van der Waals surface area contributed by atoms with Gasteiger partial charge >= 0.3 is 5.97 Å². The van der Waals surface area contributed by atoms with Gasteiger partial charge in [0.25, 0.3) is 0 Å².